The zero-order valence-corrected chi connectivity index (χ0v) is 10.8. The fourth-order valence-corrected chi connectivity index (χ4v) is 2.28. The second kappa shape index (κ2) is 5.11. The molecule has 0 atom stereocenters. The van der Waals surface area contributed by atoms with Gasteiger partial charge in [-0.15, -0.1) is 0 Å². The summed E-state index contributed by atoms with van der Waals surface area (Å²) in [5.41, 5.74) is -2.59. The van der Waals surface area contributed by atoms with Crippen molar-refractivity contribution >= 4 is 15.9 Å². The van der Waals surface area contributed by atoms with Crippen molar-refractivity contribution in [3.8, 4) is 0 Å². The summed E-state index contributed by atoms with van der Waals surface area (Å²) in [5, 5.41) is -0.136. The molecule has 0 saturated carbocycles. The number of rotatable bonds is 2. The maximum Gasteiger partial charge on any atom is 0.416 e. The molecule has 0 spiro atoms. The van der Waals surface area contributed by atoms with Crippen molar-refractivity contribution in [2.24, 2.45) is 0 Å². The van der Waals surface area contributed by atoms with E-state index in [9.17, 15) is 26.3 Å². The molecule has 0 aromatic heterocycles. The van der Waals surface area contributed by atoms with Gasteiger partial charge < -0.3 is 0 Å². The van der Waals surface area contributed by atoms with Gasteiger partial charge in [0, 0.05) is 5.33 Å². The lowest BCUT2D eigenvalue weighted by Gasteiger charge is -2.18. The van der Waals surface area contributed by atoms with Crippen molar-refractivity contribution in [3.63, 3.8) is 0 Å². The molecule has 0 nitrogen and oxygen atoms in total. The first-order valence-electron chi connectivity index (χ1n) is 4.97. The highest BCUT2D eigenvalue weighted by Crippen LogP contribution is 2.39. The fraction of sp³-hybridized carbons (Fsp3) is 0.455. The average Bonchev–Trinajstić information content (AvgIpc) is 2.24. The number of halogens is 7. The first kappa shape index (κ1) is 15.3. The van der Waals surface area contributed by atoms with Crippen LogP contribution >= 0.6 is 15.9 Å². The Morgan fingerprint density at radius 3 is 1.89 bits per heavy atom. The normalized spacial score (nSPS) is 12.9. The SMILES string of the molecule is CCc1cc(C(F)(F)F)cc(C(F)(F)F)c1CBr. The summed E-state index contributed by atoms with van der Waals surface area (Å²) in [5.74, 6) is 0. The van der Waals surface area contributed by atoms with Crippen molar-refractivity contribution in [2.45, 2.75) is 31.0 Å². The molecule has 0 aliphatic carbocycles. The minimum atomic E-state index is -4.80. The molecule has 0 unspecified atom stereocenters. The molecule has 0 aliphatic rings. The molecule has 0 aliphatic heterocycles. The zero-order valence-electron chi connectivity index (χ0n) is 9.21. The molecular weight excluding hydrogens is 326 g/mol. The Bertz CT molecular complexity index is 432. The summed E-state index contributed by atoms with van der Waals surface area (Å²) < 4.78 is 75.8. The van der Waals surface area contributed by atoms with E-state index in [0.29, 0.717) is 0 Å². The molecule has 18 heavy (non-hydrogen) atoms. The van der Waals surface area contributed by atoms with E-state index in [4.69, 9.17) is 0 Å². The molecule has 1 aromatic carbocycles. The van der Waals surface area contributed by atoms with Gasteiger partial charge in [0.05, 0.1) is 11.1 Å². The van der Waals surface area contributed by atoms with Gasteiger partial charge in [0.1, 0.15) is 0 Å². The first-order chi connectivity index (χ1) is 8.11. The third kappa shape index (κ3) is 3.18. The van der Waals surface area contributed by atoms with E-state index in [0.717, 1.165) is 6.07 Å². The quantitative estimate of drug-likeness (QED) is 0.516. The second-order valence-corrected chi connectivity index (χ2v) is 4.20. The van der Waals surface area contributed by atoms with Gasteiger partial charge in [0.2, 0.25) is 0 Å². The maximum atomic E-state index is 12.7. The summed E-state index contributed by atoms with van der Waals surface area (Å²) in [4.78, 5) is 0. The van der Waals surface area contributed by atoms with Crippen LogP contribution in [0.15, 0.2) is 12.1 Å². The van der Waals surface area contributed by atoms with Crippen molar-refractivity contribution in [1.29, 1.82) is 0 Å². The van der Waals surface area contributed by atoms with Crippen molar-refractivity contribution < 1.29 is 26.3 Å². The van der Waals surface area contributed by atoms with Crippen molar-refractivity contribution in [3.05, 3.63) is 34.4 Å². The third-order valence-electron chi connectivity index (χ3n) is 2.49. The van der Waals surface area contributed by atoms with E-state index in [1.807, 2.05) is 0 Å². The molecule has 0 N–H and O–H groups in total. The van der Waals surface area contributed by atoms with Gasteiger partial charge in [-0.2, -0.15) is 26.3 Å². The van der Waals surface area contributed by atoms with E-state index in [-0.39, 0.29) is 28.9 Å². The zero-order chi connectivity index (χ0) is 14.1. The number of alkyl halides is 7. The number of aryl methyl sites for hydroxylation is 1. The lowest BCUT2D eigenvalue weighted by atomic mass is 9.96. The molecule has 0 fully saturated rings. The molecule has 0 bridgehead atoms. The Hall–Kier alpha value is -0.720. The van der Waals surface area contributed by atoms with Gasteiger partial charge in [-0.05, 0) is 29.7 Å². The predicted molar refractivity (Wildman–Crippen MR) is 58.5 cm³/mol. The monoisotopic (exact) mass is 334 g/mol. The van der Waals surface area contributed by atoms with Crippen LogP contribution in [0.4, 0.5) is 26.3 Å². The van der Waals surface area contributed by atoms with Crippen LogP contribution < -0.4 is 0 Å². The molecule has 1 aromatic rings. The summed E-state index contributed by atoms with van der Waals surface area (Å²) in [6.45, 7) is 1.52. The van der Waals surface area contributed by atoms with E-state index in [1.165, 1.54) is 6.92 Å². The van der Waals surface area contributed by atoms with E-state index in [1.54, 1.807) is 0 Å². The highest BCUT2D eigenvalue weighted by atomic mass is 79.9. The van der Waals surface area contributed by atoms with Gasteiger partial charge in [-0.1, -0.05) is 22.9 Å². The Labute approximate surface area is 108 Å². The third-order valence-corrected chi connectivity index (χ3v) is 3.05. The summed E-state index contributed by atoms with van der Waals surface area (Å²) in [7, 11) is 0. The summed E-state index contributed by atoms with van der Waals surface area (Å²) >= 11 is 2.89. The Balaban J connectivity index is 3.57. The average molecular weight is 335 g/mol. The lowest BCUT2D eigenvalue weighted by Crippen LogP contribution is -2.15. The number of benzene rings is 1. The van der Waals surface area contributed by atoms with Crippen LogP contribution in [0.25, 0.3) is 0 Å². The number of hydrogen-bond donors (Lipinski definition) is 0. The Morgan fingerprint density at radius 2 is 1.56 bits per heavy atom. The van der Waals surface area contributed by atoms with Crippen LogP contribution in [0.3, 0.4) is 0 Å². The van der Waals surface area contributed by atoms with Crippen LogP contribution in [0.1, 0.15) is 29.2 Å². The van der Waals surface area contributed by atoms with Gasteiger partial charge >= 0.3 is 12.4 Å². The van der Waals surface area contributed by atoms with Gasteiger partial charge in [0.25, 0.3) is 0 Å². The fourth-order valence-electron chi connectivity index (χ4n) is 1.62. The summed E-state index contributed by atoms with van der Waals surface area (Å²) in [6.07, 6.45) is -9.48. The lowest BCUT2D eigenvalue weighted by molar-refractivity contribution is -0.143. The smallest absolute Gasteiger partial charge is 0.166 e. The van der Waals surface area contributed by atoms with Gasteiger partial charge in [0.15, 0.2) is 0 Å². The van der Waals surface area contributed by atoms with E-state index < -0.39 is 23.5 Å². The molecule has 0 saturated heterocycles. The van der Waals surface area contributed by atoms with E-state index >= 15 is 0 Å². The molecular formula is C11H9BrF6. The van der Waals surface area contributed by atoms with Gasteiger partial charge in [-0.3, -0.25) is 0 Å². The number of hydrogen-bond acceptors (Lipinski definition) is 0. The highest BCUT2D eigenvalue weighted by Gasteiger charge is 2.38. The van der Waals surface area contributed by atoms with Crippen LogP contribution in [0, 0.1) is 0 Å². The topological polar surface area (TPSA) is 0 Å². The second-order valence-electron chi connectivity index (χ2n) is 3.64. The minimum Gasteiger partial charge on any atom is -0.166 e. The van der Waals surface area contributed by atoms with E-state index in [2.05, 4.69) is 15.9 Å². The standard InChI is InChI=1S/C11H9BrF6/c1-2-6-3-7(10(13,14)15)4-9(8(6)5-12)11(16,17)18/h3-4H,2,5H2,1H3. The van der Waals surface area contributed by atoms with Crippen molar-refractivity contribution in [2.75, 3.05) is 0 Å². The first-order valence-corrected chi connectivity index (χ1v) is 6.09. The Kier molecular flexibility index (Phi) is 4.35. The van der Waals surface area contributed by atoms with Gasteiger partial charge in [-0.25, -0.2) is 0 Å². The van der Waals surface area contributed by atoms with Crippen molar-refractivity contribution in [1.82, 2.24) is 0 Å². The predicted octanol–water partition coefficient (Wildman–Crippen LogP) is 5.18. The van der Waals surface area contributed by atoms with Crippen LogP contribution in [0.5, 0.6) is 0 Å². The summed E-state index contributed by atoms with van der Waals surface area (Å²) in [6, 6.07) is 0.932. The van der Waals surface area contributed by atoms with Crippen LogP contribution in [-0.2, 0) is 24.1 Å². The molecule has 0 radical (unpaired) electrons. The van der Waals surface area contributed by atoms with Crippen LogP contribution in [0.2, 0.25) is 0 Å². The molecule has 0 heterocycles. The molecule has 0 amide bonds. The molecule has 1 rings (SSSR count). The minimum absolute atomic E-state index is 0.0500. The largest absolute Gasteiger partial charge is 0.416 e. The molecule has 7 heteroatoms. The van der Waals surface area contributed by atoms with Crippen LogP contribution in [-0.4, -0.2) is 0 Å². The Morgan fingerprint density at radius 1 is 1.00 bits per heavy atom. The maximum absolute atomic E-state index is 12.7. The molecule has 102 valence electrons. The highest BCUT2D eigenvalue weighted by molar-refractivity contribution is 9.08.